The predicted octanol–water partition coefficient (Wildman–Crippen LogP) is -1.28. The van der Waals surface area contributed by atoms with Gasteiger partial charge >= 0.3 is 17.9 Å². The number of hydrogen-bond acceptors (Lipinski definition) is 9. The Balaban J connectivity index is 0. The number of aliphatic carboxylic acids is 3. The quantitative estimate of drug-likeness (QED) is 0.154. The van der Waals surface area contributed by atoms with Gasteiger partial charge in [-0.05, 0) is 19.4 Å². The van der Waals surface area contributed by atoms with Crippen LogP contribution in [0.15, 0.2) is 0 Å². The van der Waals surface area contributed by atoms with Crippen molar-refractivity contribution in [1.82, 2.24) is 0 Å². The van der Waals surface area contributed by atoms with E-state index in [0.29, 0.717) is 13.0 Å². The summed E-state index contributed by atoms with van der Waals surface area (Å²) in [5.41, 5.74) is 20.8. The molecule has 0 rings (SSSR count). The summed E-state index contributed by atoms with van der Waals surface area (Å²) in [6, 6.07) is -2.56. The molecule has 24 heavy (non-hydrogen) atoms. The summed E-state index contributed by atoms with van der Waals surface area (Å²) in [5.74, 6) is -2.61. The van der Waals surface area contributed by atoms with Crippen molar-refractivity contribution in [2.45, 2.75) is 37.4 Å². The van der Waals surface area contributed by atoms with Crippen LogP contribution in [0.1, 0.15) is 19.3 Å². The van der Waals surface area contributed by atoms with Crippen LogP contribution in [0.25, 0.3) is 0 Å². The summed E-state index contributed by atoms with van der Waals surface area (Å²) in [6.07, 6.45) is 2.16. The van der Waals surface area contributed by atoms with E-state index in [0.717, 1.165) is 12.8 Å². The van der Waals surface area contributed by atoms with Crippen molar-refractivity contribution < 1.29 is 29.7 Å². The molecule has 0 aliphatic heterocycles. The van der Waals surface area contributed by atoms with E-state index in [4.69, 9.17) is 38.3 Å². The van der Waals surface area contributed by atoms with Crippen LogP contribution in [0, 0.1) is 0 Å². The molecule has 0 saturated carbocycles. The van der Waals surface area contributed by atoms with Gasteiger partial charge in [-0.15, -0.1) is 0 Å². The van der Waals surface area contributed by atoms with Gasteiger partial charge < -0.3 is 38.3 Å². The molecular weight excluding hydrogens is 360 g/mol. The number of carbonyl (C=O) groups is 3. The minimum atomic E-state index is -1.07. The van der Waals surface area contributed by atoms with Crippen molar-refractivity contribution in [1.29, 1.82) is 0 Å². The Morgan fingerprint density at radius 1 is 0.750 bits per heavy atom. The smallest absolute Gasteiger partial charge is 0.321 e. The van der Waals surface area contributed by atoms with E-state index in [9.17, 15) is 14.4 Å². The predicted molar refractivity (Wildman–Crippen MR) is 94.7 cm³/mol. The second kappa shape index (κ2) is 15.5. The van der Waals surface area contributed by atoms with Gasteiger partial charge in [0.25, 0.3) is 0 Å². The molecule has 142 valence electrons. The lowest BCUT2D eigenvalue weighted by atomic mass is 10.1. The Morgan fingerprint density at radius 3 is 1.42 bits per heavy atom. The number of hydrogen-bond donors (Lipinski definition) is 7. The highest BCUT2D eigenvalue weighted by molar-refractivity contribution is 8.76. The monoisotopic (exact) mass is 386 g/mol. The molecule has 11 N–H and O–H groups in total. The maximum absolute atomic E-state index is 10.3. The Bertz CT molecular complexity index is 367. The summed E-state index contributed by atoms with van der Waals surface area (Å²) < 4.78 is 0. The highest BCUT2D eigenvalue weighted by atomic mass is 33.1. The molecule has 0 aliphatic carbocycles. The third-order valence-electron chi connectivity index (χ3n) is 2.50. The number of nitrogens with two attached hydrogens (primary N) is 4. The number of carboxylic acid groups (broad SMARTS) is 3. The largest absolute Gasteiger partial charge is 0.480 e. The fourth-order valence-electron chi connectivity index (χ4n) is 1.02. The lowest BCUT2D eigenvalue weighted by Crippen LogP contribution is -2.33. The minimum absolute atomic E-state index is 0.229. The zero-order valence-corrected chi connectivity index (χ0v) is 14.8. The number of carboxylic acids is 3. The fourth-order valence-corrected chi connectivity index (χ4v) is 3.25. The first kappa shape index (κ1) is 25.2. The summed E-state index contributed by atoms with van der Waals surface area (Å²) >= 11 is 0. The first-order valence-corrected chi connectivity index (χ1v) is 9.51. The molecule has 3 atom stereocenters. The molecular formula is C12H26N4O6S2. The molecule has 0 spiro atoms. The Labute approximate surface area is 148 Å². The summed E-state index contributed by atoms with van der Waals surface area (Å²) in [4.78, 5) is 30.7. The van der Waals surface area contributed by atoms with Crippen LogP contribution >= 0.6 is 21.6 Å². The number of rotatable bonds is 12. The van der Waals surface area contributed by atoms with E-state index in [1.165, 1.54) is 21.6 Å². The molecule has 0 bridgehead atoms. The van der Waals surface area contributed by atoms with Crippen molar-refractivity contribution in [3.05, 3.63) is 0 Å². The van der Waals surface area contributed by atoms with Crippen molar-refractivity contribution in [2.24, 2.45) is 22.9 Å². The van der Waals surface area contributed by atoms with Crippen molar-refractivity contribution in [3.63, 3.8) is 0 Å². The molecule has 12 heteroatoms. The van der Waals surface area contributed by atoms with Gasteiger partial charge in [0.15, 0.2) is 0 Å². The highest BCUT2D eigenvalue weighted by Crippen LogP contribution is 2.22. The summed E-state index contributed by atoms with van der Waals surface area (Å²) in [5, 5.41) is 25.1. The second-order valence-electron chi connectivity index (χ2n) is 4.69. The van der Waals surface area contributed by atoms with Gasteiger partial charge in [0.1, 0.15) is 18.1 Å². The van der Waals surface area contributed by atoms with Gasteiger partial charge in [0, 0.05) is 11.5 Å². The molecule has 0 aromatic carbocycles. The summed E-state index contributed by atoms with van der Waals surface area (Å²) in [6.45, 7) is 0.604. The maximum Gasteiger partial charge on any atom is 0.321 e. The average molecular weight is 386 g/mol. The van der Waals surface area contributed by atoms with Crippen molar-refractivity contribution in [2.75, 3.05) is 18.1 Å². The van der Waals surface area contributed by atoms with Crippen LogP contribution in [-0.4, -0.2) is 69.4 Å². The summed E-state index contributed by atoms with van der Waals surface area (Å²) in [7, 11) is 2.41. The van der Waals surface area contributed by atoms with Gasteiger partial charge in [-0.3, -0.25) is 14.4 Å². The van der Waals surface area contributed by atoms with Crippen molar-refractivity contribution in [3.8, 4) is 0 Å². The second-order valence-corrected chi connectivity index (χ2v) is 7.24. The van der Waals surface area contributed by atoms with Gasteiger partial charge in [0.2, 0.25) is 0 Å². The van der Waals surface area contributed by atoms with E-state index < -0.39 is 36.0 Å². The Morgan fingerprint density at radius 2 is 1.12 bits per heavy atom. The topological polar surface area (TPSA) is 216 Å². The van der Waals surface area contributed by atoms with Gasteiger partial charge in [-0.1, -0.05) is 28.0 Å². The van der Waals surface area contributed by atoms with Gasteiger partial charge in [-0.2, -0.15) is 0 Å². The van der Waals surface area contributed by atoms with Gasteiger partial charge in [-0.25, -0.2) is 0 Å². The van der Waals surface area contributed by atoms with Crippen molar-refractivity contribution >= 4 is 39.5 Å². The highest BCUT2D eigenvalue weighted by Gasteiger charge is 2.14. The third kappa shape index (κ3) is 15.8. The van der Waals surface area contributed by atoms with E-state index in [-0.39, 0.29) is 11.5 Å². The molecule has 0 aromatic heterocycles. The lowest BCUT2D eigenvalue weighted by molar-refractivity contribution is -0.139. The molecule has 0 heterocycles. The van der Waals surface area contributed by atoms with Gasteiger partial charge in [0.05, 0.1) is 0 Å². The fraction of sp³-hybridized carbons (Fsp3) is 0.750. The third-order valence-corrected chi connectivity index (χ3v) is 4.97. The number of unbranched alkanes of at least 4 members (excludes halogenated alkanes) is 1. The first-order valence-electron chi connectivity index (χ1n) is 7.03. The van der Waals surface area contributed by atoms with Crippen LogP contribution in [0.5, 0.6) is 0 Å². The molecule has 0 amide bonds. The SMILES string of the molecule is NCCCC[C@H](N)C(=O)O.N[C@@H](CSSC[C@H](N)C(=O)O)C(=O)O. The van der Waals surface area contributed by atoms with Crippen LogP contribution in [0.4, 0.5) is 0 Å². The van der Waals surface area contributed by atoms with E-state index >= 15 is 0 Å². The molecule has 0 radical (unpaired) electrons. The standard InChI is InChI=1S/C6H12N2O4S2.C6H14N2O2/c7-3(5(9)10)1-13-14-2-4(8)6(11)12;7-4-2-1-3-5(8)6(9)10/h3-4H,1-2,7-8H2,(H,9,10)(H,11,12);5H,1-4,7-8H2,(H,9,10)/t3-,4-;5-/m00/s1. The molecule has 0 fully saturated rings. The van der Waals surface area contributed by atoms with E-state index in [2.05, 4.69) is 0 Å². The zero-order chi connectivity index (χ0) is 19.1. The first-order chi connectivity index (χ1) is 11.1. The Hall–Kier alpha value is -1.05. The van der Waals surface area contributed by atoms with Crippen LogP contribution in [-0.2, 0) is 14.4 Å². The van der Waals surface area contributed by atoms with Crippen LogP contribution in [0.2, 0.25) is 0 Å². The maximum atomic E-state index is 10.3. The van der Waals surface area contributed by atoms with E-state index in [1.54, 1.807) is 0 Å². The zero-order valence-electron chi connectivity index (χ0n) is 13.2. The average Bonchev–Trinajstić information content (AvgIpc) is 2.51. The normalized spacial score (nSPS) is 14.0. The van der Waals surface area contributed by atoms with E-state index in [1.807, 2.05) is 0 Å². The molecule has 10 nitrogen and oxygen atoms in total. The molecule has 0 saturated heterocycles. The molecule has 0 aliphatic rings. The lowest BCUT2D eigenvalue weighted by Gasteiger charge is -2.07. The molecule has 0 unspecified atom stereocenters. The van der Waals surface area contributed by atoms with Crippen LogP contribution < -0.4 is 22.9 Å². The Kier molecular flexibility index (Phi) is 16.2. The minimum Gasteiger partial charge on any atom is -0.480 e. The van der Waals surface area contributed by atoms with Crippen LogP contribution in [0.3, 0.4) is 0 Å². The molecule has 0 aromatic rings.